The third-order valence-electron chi connectivity index (χ3n) is 5.24. The number of rotatable bonds is 5. The number of carbonyl (C=O) groups excluding carboxylic acids is 3. The fourth-order valence-corrected chi connectivity index (χ4v) is 3.73. The lowest BCUT2D eigenvalue weighted by Crippen LogP contribution is -2.43. The molecular formula is C23H19NO5. The van der Waals surface area contributed by atoms with E-state index in [1.54, 1.807) is 36.4 Å². The molecule has 3 aromatic carbocycles. The third kappa shape index (κ3) is 3.17. The molecule has 146 valence electrons. The van der Waals surface area contributed by atoms with Gasteiger partial charge in [-0.15, -0.1) is 0 Å². The number of para-hydroxylation sites is 1. The summed E-state index contributed by atoms with van der Waals surface area (Å²) >= 11 is 0. The minimum absolute atomic E-state index is 0.308. The summed E-state index contributed by atoms with van der Waals surface area (Å²) < 4.78 is 4.65. The molecule has 0 saturated carbocycles. The number of aliphatic hydroxyl groups is 1. The van der Waals surface area contributed by atoms with E-state index >= 15 is 0 Å². The molecule has 0 spiro atoms. The van der Waals surface area contributed by atoms with Crippen LogP contribution in [0, 0.1) is 0 Å². The first-order chi connectivity index (χ1) is 13.9. The molecule has 0 unspecified atom stereocenters. The van der Waals surface area contributed by atoms with Crippen molar-refractivity contribution in [2.45, 2.75) is 12.0 Å². The van der Waals surface area contributed by atoms with Gasteiger partial charge in [0.1, 0.15) is 6.54 Å². The van der Waals surface area contributed by atoms with E-state index in [-0.39, 0.29) is 12.3 Å². The first-order valence-electron chi connectivity index (χ1n) is 9.17. The lowest BCUT2D eigenvalue weighted by atomic mass is 9.88. The van der Waals surface area contributed by atoms with Crippen LogP contribution in [0.4, 0.5) is 5.69 Å². The number of amides is 1. The molecule has 6 heteroatoms. The van der Waals surface area contributed by atoms with Crippen molar-refractivity contribution >= 4 is 34.1 Å². The Hall–Kier alpha value is -3.51. The van der Waals surface area contributed by atoms with E-state index < -0.39 is 23.9 Å². The van der Waals surface area contributed by atoms with Gasteiger partial charge in [0.25, 0.3) is 5.91 Å². The fourth-order valence-electron chi connectivity index (χ4n) is 3.73. The van der Waals surface area contributed by atoms with Gasteiger partial charge in [0.2, 0.25) is 0 Å². The van der Waals surface area contributed by atoms with E-state index in [4.69, 9.17) is 0 Å². The van der Waals surface area contributed by atoms with Gasteiger partial charge in [0.05, 0.1) is 19.2 Å². The number of carbonyl (C=O) groups is 3. The van der Waals surface area contributed by atoms with Crippen molar-refractivity contribution in [3.63, 3.8) is 0 Å². The first-order valence-corrected chi connectivity index (χ1v) is 9.17. The van der Waals surface area contributed by atoms with Crippen LogP contribution >= 0.6 is 0 Å². The number of ketones is 1. The standard InChI is InChI=1S/C23H19NO5/c1-29-21(26)14-24-19-9-5-4-8-18(19)23(28,22(24)27)13-20(25)17-11-10-15-6-2-3-7-16(15)12-17/h2-12,28H,13-14H2,1H3/t23-/m0/s1. The average molecular weight is 389 g/mol. The number of hydrogen-bond donors (Lipinski definition) is 1. The number of fused-ring (bicyclic) bond motifs is 2. The molecule has 1 aliphatic heterocycles. The van der Waals surface area contributed by atoms with Crippen molar-refractivity contribution in [3.05, 3.63) is 77.9 Å². The molecule has 1 aliphatic rings. The average Bonchev–Trinajstić information content (AvgIpc) is 2.95. The van der Waals surface area contributed by atoms with Gasteiger partial charge in [-0.3, -0.25) is 19.3 Å². The van der Waals surface area contributed by atoms with Crippen LogP contribution < -0.4 is 4.90 Å². The summed E-state index contributed by atoms with van der Waals surface area (Å²) in [6.45, 7) is -0.335. The maximum atomic E-state index is 13.0. The van der Waals surface area contributed by atoms with Crippen molar-refractivity contribution < 1.29 is 24.2 Å². The SMILES string of the molecule is COC(=O)CN1C(=O)[C@](O)(CC(=O)c2ccc3ccccc3c2)c2ccccc21. The van der Waals surface area contributed by atoms with Gasteiger partial charge < -0.3 is 9.84 Å². The van der Waals surface area contributed by atoms with E-state index in [1.807, 2.05) is 30.3 Å². The number of methoxy groups -OCH3 is 1. The number of ether oxygens (including phenoxy) is 1. The zero-order valence-electron chi connectivity index (χ0n) is 15.8. The van der Waals surface area contributed by atoms with Crippen LogP contribution in [0.2, 0.25) is 0 Å². The second-order valence-electron chi connectivity index (χ2n) is 7.01. The van der Waals surface area contributed by atoms with E-state index in [2.05, 4.69) is 4.74 Å². The quantitative estimate of drug-likeness (QED) is 0.536. The molecule has 29 heavy (non-hydrogen) atoms. The molecule has 3 aromatic rings. The highest BCUT2D eigenvalue weighted by Crippen LogP contribution is 2.42. The normalized spacial score (nSPS) is 18.0. The van der Waals surface area contributed by atoms with Crippen LogP contribution in [0.1, 0.15) is 22.3 Å². The Bertz CT molecular complexity index is 1140. The lowest BCUT2D eigenvalue weighted by molar-refractivity contribution is -0.142. The molecule has 0 fully saturated rings. The van der Waals surface area contributed by atoms with Crippen LogP contribution in [-0.4, -0.2) is 36.4 Å². The molecule has 0 radical (unpaired) electrons. The van der Waals surface area contributed by atoms with Gasteiger partial charge in [-0.2, -0.15) is 0 Å². The molecule has 0 bridgehead atoms. The van der Waals surface area contributed by atoms with Gasteiger partial charge in [-0.25, -0.2) is 0 Å². The van der Waals surface area contributed by atoms with Gasteiger partial charge in [0.15, 0.2) is 11.4 Å². The number of nitrogens with zero attached hydrogens (tertiary/aromatic N) is 1. The van der Waals surface area contributed by atoms with Crippen LogP contribution in [0.25, 0.3) is 10.8 Å². The second-order valence-corrected chi connectivity index (χ2v) is 7.01. The van der Waals surface area contributed by atoms with E-state index in [0.717, 1.165) is 15.7 Å². The van der Waals surface area contributed by atoms with Crippen LogP contribution in [-0.2, 0) is 19.9 Å². The Morgan fingerprint density at radius 1 is 1.00 bits per heavy atom. The minimum atomic E-state index is -2.03. The molecule has 0 saturated heterocycles. The van der Waals surface area contributed by atoms with Crippen LogP contribution in [0.3, 0.4) is 0 Å². The third-order valence-corrected chi connectivity index (χ3v) is 5.24. The number of benzene rings is 3. The van der Waals surface area contributed by atoms with Gasteiger partial charge in [0, 0.05) is 11.1 Å². The number of anilines is 1. The predicted octanol–water partition coefficient (Wildman–Crippen LogP) is 2.82. The second kappa shape index (κ2) is 7.14. The lowest BCUT2D eigenvalue weighted by Gasteiger charge is -2.22. The fraction of sp³-hybridized carbons (Fsp3) is 0.174. The molecule has 1 heterocycles. The summed E-state index contributed by atoms with van der Waals surface area (Å²) in [7, 11) is 1.23. The molecule has 1 amide bonds. The molecule has 0 aromatic heterocycles. The van der Waals surface area contributed by atoms with Crippen LogP contribution in [0.5, 0.6) is 0 Å². The number of esters is 1. The minimum Gasteiger partial charge on any atom is -0.468 e. The van der Waals surface area contributed by atoms with Crippen molar-refractivity contribution in [1.29, 1.82) is 0 Å². The summed E-state index contributed by atoms with van der Waals surface area (Å²) in [6.07, 6.45) is -0.418. The van der Waals surface area contributed by atoms with Crippen molar-refractivity contribution in [2.24, 2.45) is 0 Å². The first kappa shape index (κ1) is 18.8. The Morgan fingerprint density at radius 2 is 1.69 bits per heavy atom. The van der Waals surface area contributed by atoms with Gasteiger partial charge in [-0.05, 0) is 22.9 Å². The smallest absolute Gasteiger partial charge is 0.325 e. The zero-order chi connectivity index (χ0) is 20.6. The monoisotopic (exact) mass is 389 g/mol. The maximum Gasteiger partial charge on any atom is 0.325 e. The molecular weight excluding hydrogens is 370 g/mol. The molecule has 0 aliphatic carbocycles. The highest BCUT2D eigenvalue weighted by Gasteiger charge is 2.51. The Morgan fingerprint density at radius 3 is 2.45 bits per heavy atom. The van der Waals surface area contributed by atoms with Crippen LogP contribution in [0.15, 0.2) is 66.7 Å². The highest BCUT2D eigenvalue weighted by atomic mass is 16.5. The largest absolute Gasteiger partial charge is 0.468 e. The highest BCUT2D eigenvalue weighted by molar-refractivity contribution is 6.12. The topological polar surface area (TPSA) is 83.9 Å². The summed E-state index contributed by atoms with van der Waals surface area (Å²) in [5.41, 5.74) is -0.915. The van der Waals surface area contributed by atoms with Crippen molar-refractivity contribution in [1.82, 2.24) is 0 Å². The Labute approximate surface area is 167 Å². The molecule has 1 atom stereocenters. The van der Waals surface area contributed by atoms with Gasteiger partial charge >= 0.3 is 5.97 Å². The summed E-state index contributed by atoms with van der Waals surface area (Å²) in [6, 6.07) is 19.5. The number of Topliss-reactive ketones (excluding diaryl/α,β-unsaturated/α-hetero) is 1. The molecule has 6 nitrogen and oxygen atoms in total. The molecule has 4 rings (SSSR count). The van der Waals surface area contributed by atoms with Crippen molar-refractivity contribution in [3.8, 4) is 0 Å². The van der Waals surface area contributed by atoms with E-state index in [9.17, 15) is 19.5 Å². The maximum absolute atomic E-state index is 13.0. The number of hydrogen-bond acceptors (Lipinski definition) is 5. The van der Waals surface area contributed by atoms with E-state index in [1.165, 1.54) is 7.11 Å². The van der Waals surface area contributed by atoms with Crippen molar-refractivity contribution in [2.75, 3.05) is 18.6 Å². The van der Waals surface area contributed by atoms with Gasteiger partial charge in [-0.1, -0.05) is 54.6 Å². The summed E-state index contributed by atoms with van der Waals surface area (Å²) in [5, 5.41) is 13.1. The Balaban J connectivity index is 1.68. The Kier molecular flexibility index (Phi) is 4.64. The zero-order valence-corrected chi connectivity index (χ0v) is 15.8. The summed E-state index contributed by atoms with van der Waals surface area (Å²) in [5.74, 6) is -1.68. The predicted molar refractivity (Wildman–Crippen MR) is 108 cm³/mol. The summed E-state index contributed by atoms with van der Waals surface area (Å²) in [4.78, 5) is 38.9. The van der Waals surface area contributed by atoms with E-state index in [0.29, 0.717) is 16.8 Å². The molecule has 1 N–H and O–H groups in total.